The number of aromatic nitrogens is 1. The number of anilines is 1. The molecule has 0 N–H and O–H groups in total. The summed E-state index contributed by atoms with van der Waals surface area (Å²) in [4.78, 5) is 8.86. The van der Waals surface area contributed by atoms with Gasteiger partial charge in [-0.3, -0.25) is 9.88 Å². The fourth-order valence-electron chi connectivity index (χ4n) is 2.72. The van der Waals surface area contributed by atoms with Gasteiger partial charge in [-0.15, -0.1) is 0 Å². The lowest BCUT2D eigenvalue weighted by molar-refractivity contribution is 0.250. The van der Waals surface area contributed by atoms with Crippen LogP contribution in [0.5, 0.6) is 0 Å². The normalized spacial score (nSPS) is 15.7. The lowest BCUT2D eigenvalue weighted by atomic mass is 10.1. The van der Waals surface area contributed by atoms with Crippen LogP contribution in [-0.2, 0) is 6.54 Å². The summed E-state index contributed by atoms with van der Waals surface area (Å²) in [6.07, 6.45) is 3.47. The molecule has 0 radical (unpaired) electrons. The highest BCUT2D eigenvalue weighted by atomic mass is 15.3. The van der Waals surface area contributed by atoms with Crippen molar-refractivity contribution in [1.29, 1.82) is 5.26 Å². The van der Waals surface area contributed by atoms with Gasteiger partial charge in [-0.05, 0) is 11.6 Å². The number of rotatable bonds is 3. The lowest BCUT2D eigenvalue weighted by Crippen LogP contribution is -2.46. The van der Waals surface area contributed by atoms with Crippen LogP contribution in [0.1, 0.15) is 11.1 Å². The summed E-state index contributed by atoms with van der Waals surface area (Å²) in [6, 6.07) is 14.6. The smallest absolute Gasteiger partial charge is 0.101 e. The summed E-state index contributed by atoms with van der Waals surface area (Å²) >= 11 is 0. The Hall–Kier alpha value is -2.38. The molecule has 1 saturated heterocycles. The summed E-state index contributed by atoms with van der Waals surface area (Å²) in [7, 11) is 0. The zero-order valence-electron chi connectivity index (χ0n) is 11.9. The van der Waals surface area contributed by atoms with Crippen molar-refractivity contribution < 1.29 is 0 Å². The van der Waals surface area contributed by atoms with Crippen molar-refractivity contribution in [2.24, 2.45) is 0 Å². The molecule has 1 aliphatic rings. The number of hydrogen-bond acceptors (Lipinski definition) is 4. The Morgan fingerprint density at radius 3 is 2.52 bits per heavy atom. The van der Waals surface area contributed by atoms with Crippen LogP contribution in [-0.4, -0.2) is 36.1 Å². The van der Waals surface area contributed by atoms with E-state index >= 15 is 0 Å². The van der Waals surface area contributed by atoms with Gasteiger partial charge in [-0.1, -0.05) is 30.3 Å². The fraction of sp³-hybridized carbons (Fsp3) is 0.294. The Labute approximate surface area is 125 Å². The monoisotopic (exact) mass is 278 g/mol. The van der Waals surface area contributed by atoms with E-state index in [0.29, 0.717) is 5.56 Å². The molecular formula is C17H18N4. The number of pyridine rings is 1. The lowest BCUT2D eigenvalue weighted by Gasteiger charge is -2.36. The predicted octanol–water partition coefficient (Wildman–Crippen LogP) is 2.28. The molecule has 1 aromatic heterocycles. The summed E-state index contributed by atoms with van der Waals surface area (Å²) in [5.41, 5.74) is 3.02. The first-order chi connectivity index (χ1) is 10.4. The van der Waals surface area contributed by atoms with Crippen molar-refractivity contribution in [3.8, 4) is 6.07 Å². The maximum Gasteiger partial charge on any atom is 0.101 e. The van der Waals surface area contributed by atoms with Gasteiger partial charge in [0, 0.05) is 38.9 Å². The van der Waals surface area contributed by atoms with Gasteiger partial charge in [-0.2, -0.15) is 5.26 Å². The van der Waals surface area contributed by atoms with Gasteiger partial charge in [-0.25, -0.2) is 0 Å². The number of nitriles is 1. The number of nitrogens with zero attached hydrogens (tertiary/aromatic N) is 4. The second kappa shape index (κ2) is 6.38. The van der Waals surface area contributed by atoms with Crippen LogP contribution in [0.15, 0.2) is 48.8 Å². The van der Waals surface area contributed by atoms with Crippen molar-refractivity contribution in [2.45, 2.75) is 6.54 Å². The Morgan fingerprint density at radius 2 is 1.81 bits per heavy atom. The molecule has 0 aliphatic carbocycles. The Balaban J connectivity index is 1.62. The van der Waals surface area contributed by atoms with Gasteiger partial charge in [0.2, 0.25) is 0 Å². The fourth-order valence-corrected chi connectivity index (χ4v) is 2.72. The van der Waals surface area contributed by atoms with E-state index < -0.39 is 0 Å². The Kier molecular flexibility index (Phi) is 4.13. The van der Waals surface area contributed by atoms with Gasteiger partial charge in [0.25, 0.3) is 0 Å². The molecule has 0 amide bonds. The van der Waals surface area contributed by atoms with E-state index in [1.807, 2.05) is 6.07 Å². The average molecular weight is 278 g/mol. The maximum absolute atomic E-state index is 9.18. The molecule has 106 valence electrons. The third-order valence-electron chi connectivity index (χ3n) is 3.88. The van der Waals surface area contributed by atoms with E-state index in [2.05, 4.69) is 45.1 Å². The summed E-state index contributed by atoms with van der Waals surface area (Å²) in [5.74, 6) is 0. The quantitative estimate of drug-likeness (QED) is 0.864. The van der Waals surface area contributed by atoms with Crippen molar-refractivity contribution in [3.05, 3.63) is 59.9 Å². The number of hydrogen-bond donors (Lipinski definition) is 0. The van der Waals surface area contributed by atoms with Crippen LogP contribution in [0, 0.1) is 11.3 Å². The molecule has 1 fully saturated rings. The second-order valence-corrected chi connectivity index (χ2v) is 5.25. The third-order valence-corrected chi connectivity index (χ3v) is 3.88. The molecule has 0 atom stereocenters. The van der Waals surface area contributed by atoms with Crippen LogP contribution >= 0.6 is 0 Å². The molecule has 1 aromatic carbocycles. The van der Waals surface area contributed by atoms with E-state index in [1.165, 1.54) is 5.56 Å². The third kappa shape index (κ3) is 3.21. The van der Waals surface area contributed by atoms with Crippen LogP contribution in [0.3, 0.4) is 0 Å². The van der Waals surface area contributed by atoms with E-state index in [1.54, 1.807) is 18.5 Å². The summed E-state index contributed by atoms with van der Waals surface area (Å²) in [6.45, 7) is 4.89. The molecule has 0 saturated carbocycles. The van der Waals surface area contributed by atoms with Crippen LogP contribution in [0.4, 0.5) is 5.69 Å². The highest BCUT2D eigenvalue weighted by Crippen LogP contribution is 2.20. The standard InChI is InChI=1S/C17H18N4/c18-12-16-6-7-19-13-17(16)21-10-8-20(9-11-21)14-15-4-2-1-3-5-15/h1-7,13H,8-11,14H2. The summed E-state index contributed by atoms with van der Waals surface area (Å²) < 4.78 is 0. The molecule has 4 nitrogen and oxygen atoms in total. The highest BCUT2D eigenvalue weighted by molar-refractivity contribution is 5.57. The largest absolute Gasteiger partial charge is 0.367 e. The van der Waals surface area contributed by atoms with E-state index in [-0.39, 0.29) is 0 Å². The zero-order chi connectivity index (χ0) is 14.5. The van der Waals surface area contributed by atoms with Gasteiger partial charge in [0.1, 0.15) is 6.07 Å². The van der Waals surface area contributed by atoms with Crippen LogP contribution in [0.2, 0.25) is 0 Å². The minimum atomic E-state index is 0.710. The minimum absolute atomic E-state index is 0.710. The molecule has 4 heteroatoms. The SMILES string of the molecule is N#Cc1ccncc1N1CCN(Cc2ccccc2)CC1. The molecule has 21 heavy (non-hydrogen) atoms. The van der Waals surface area contributed by atoms with Gasteiger partial charge < -0.3 is 4.90 Å². The Bertz CT molecular complexity index is 625. The maximum atomic E-state index is 9.18. The first-order valence-corrected chi connectivity index (χ1v) is 7.22. The second-order valence-electron chi connectivity index (χ2n) is 5.25. The molecule has 0 bridgehead atoms. The minimum Gasteiger partial charge on any atom is -0.367 e. The van der Waals surface area contributed by atoms with E-state index in [0.717, 1.165) is 38.4 Å². The first kappa shape index (κ1) is 13.6. The zero-order valence-corrected chi connectivity index (χ0v) is 11.9. The molecule has 0 spiro atoms. The van der Waals surface area contributed by atoms with Gasteiger partial charge >= 0.3 is 0 Å². The highest BCUT2D eigenvalue weighted by Gasteiger charge is 2.19. The Morgan fingerprint density at radius 1 is 1.05 bits per heavy atom. The number of benzene rings is 1. The predicted molar refractivity (Wildman–Crippen MR) is 82.9 cm³/mol. The van der Waals surface area contributed by atoms with Gasteiger partial charge in [0.05, 0.1) is 17.4 Å². The van der Waals surface area contributed by atoms with E-state index in [4.69, 9.17) is 0 Å². The molecular weight excluding hydrogens is 260 g/mol. The number of piperazine rings is 1. The van der Waals surface area contributed by atoms with E-state index in [9.17, 15) is 5.26 Å². The first-order valence-electron chi connectivity index (χ1n) is 7.22. The van der Waals surface area contributed by atoms with Crippen molar-refractivity contribution in [3.63, 3.8) is 0 Å². The van der Waals surface area contributed by atoms with Crippen molar-refractivity contribution in [2.75, 3.05) is 31.1 Å². The molecule has 1 aliphatic heterocycles. The molecule has 2 aromatic rings. The topological polar surface area (TPSA) is 43.2 Å². The van der Waals surface area contributed by atoms with Crippen LogP contribution < -0.4 is 4.90 Å². The van der Waals surface area contributed by atoms with Crippen molar-refractivity contribution >= 4 is 5.69 Å². The van der Waals surface area contributed by atoms with Crippen molar-refractivity contribution in [1.82, 2.24) is 9.88 Å². The summed E-state index contributed by atoms with van der Waals surface area (Å²) in [5, 5.41) is 9.18. The molecule has 0 unspecified atom stereocenters. The molecule has 3 rings (SSSR count). The molecule has 2 heterocycles. The van der Waals surface area contributed by atoms with Gasteiger partial charge in [0.15, 0.2) is 0 Å². The van der Waals surface area contributed by atoms with Crippen LogP contribution in [0.25, 0.3) is 0 Å². The average Bonchev–Trinajstić information content (AvgIpc) is 2.56.